The van der Waals surface area contributed by atoms with E-state index < -0.39 is 0 Å². The molecule has 0 aliphatic heterocycles. The SMILES string of the molecule is C=C/C=C(C=C)/C(N)=N/C(=N\C(=C)c1cc(-c2ccccc2)cc(-n2c3ccccc3c3cc4c(cc32)C(C)(C)c2ccc(C3=Cc5c(n(C6=CCCC=C6)c6ccccc56)C=CC3)cc2-4)c1)c1ccccc1. The zero-order valence-corrected chi connectivity index (χ0v) is 41.3. The number of fused-ring (bicyclic) bond motifs is 9. The fraction of sp³-hybridized carbons (Fsp3) is 0.0882. The van der Waals surface area contributed by atoms with Crippen molar-refractivity contribution in [2.75, 3.05) is 0 Å². The lowest BCUT2D eigenvalue weighted by Gasteiger charge is -2.22. The first-order valence-corrected chi connectivity index (χ1v) is 25.1. The molecule has 0 bridgehead atoms. The van der Waals surface area contributed by atoms with Crippen molar-refractivity contribution in [3.8, 4) is 27.9 Å². The van der Waals surface area contributed by atoms with Gasteiger partial charge in [-0.15, -0.1) is 0 Å². The number of benzene rings is 7. The van der Waals surface area contributed by atoms with Crippen molar-refractivity contribution in [3.63, 3.8) is 0 Å². The number of allylic oxidation sites excluding steroid dienone is 8. The fourth-order valence-corrected chi connectivity index (χ4v) is 11.3. The minimum atomic E-state index is -0.249. The molecule has 0 saturated heterocycles. The van der Waals surface area contributed by atoms with Crippen LogP contribution in [0.25, 0.3) is 89.8 Å². The zero-order valence-electron chi connectivity index (χ0n) is 41.3. The number of aliphatic imine (C=N–C) groups is 2. The second-order valence-electron chi connectivity index (χ2n) is 19.6. The lowest BCUT2D eigenvalue weighted by atomic mass is 9.82. The fourth-order valence-electron chi connectivity index (χ4n) is 11.3. The van der Waals surface area contributed by atoms with E-state index >= 15 is 0 Å². The molecule has 2 aromatic heterocycles. The third-order valence-electron chi connectivity index (χ3n) is 14.9. The summed E-state index contributed by atoms with van der Waals surface area (Å²) < 4.78 is 4.86. The van der Waals surface area contributed by atoms with E-state index in [2.05, 4.69) is 207 Å². The van der Waals surface area contributed by atoms with E-state index in [1.807, 2.05) is 30.3 Å². The Morgan fingerprint density at radius 2 is 1.34 bits per heavy atom. The molecule has 0 fully saturated rings. The van der Waals surface area contributed by atoms with Gasteiger partial charge in [0.25, 0.3) is 0 Å². The third-order valence-corrected chi connectivity index (χ3v) is 14.9. The molecule has 352 valence electrons. The molecule has 73 heavy (non-hydrogen) atoms. The summed E-state index contributed by atoms with van der Waals surface area (Å²) in [5.41, 5.74) is 27.4. The summed E-state index contributed by atoms with van der Waals surface area (Å²) in [7, 11) is 0. The lowest BCUT2D eigenvalue weighted by Crippen LogP contribution is -2.16. The molecule has 0 radical (unpaired) electrons. The first-order chi connectivity index (χ1) is 35.7. The maximum absolute atomic E-state index is 6.59. The number of rotatable bonds is 10. The van der Waals surface area contributed by atoms with E-state index in [4.69, 9.17) is 15.7 Å². The highest BCUT2D eigenvalue weighted by Gasteiger charge is 2.37. The van der Waals surface area contributed by atoms with E-state index in [0.29, 0.717) is 17.1 Å². The van der Waals surface area contributed by atoms with Gasteiger partial charge in [-0.05, 0) is 131 Å². The Bertz CT molecular complexity index is 4000. The van der Waals surface area contributed by atoms with Crippen LogP contribution in [0.2, 0.25) is 0 Å². The van der Waals surface area contributed by atoms with Gasteiger partial charge in [0.15, 0.2) is 5.84 Å². The number of amidine groups is 2. The quantitative estimate of drug-likeness (QED) is 0.0829. The maximum atomic E-state index is 6.59. The first kappa shape index (κ1) is 45.1. The van der Waals surface area contributed by atoms with Gasteiger partial charge in [-0.2, -0.15) is 0 Å². The molecule has 3 aliphatic rings. The number of para-hydroxylation sites is 2. The topological polar surface area (TPSA) is 60.6 Å². The number of hydrogen-bond donors (Lipinski definition) is 1. The molecule has 0 saturated carbocycles. The summed E-state index contributed by atoms with van der Waals surface area (Å²) in [6.07, 6.45) is 22.2. The number of hydrogen-bond acceptors (Lipinski definition) is 1. The van der Waals surface area contributed by atoms with Gasteiger partial charge in [0.1, 0.15) is 5.84 Å². The average Bonchev–Trinajstić information content (AvgIpc) is 3.93. The Kier molecular flexibility index (Phi) is 11.3. The van der Waals surface area contributed by atoms with Gasteiger partial charge in [-0.25, -0.2) is 9.98 Å². The summed E-state index contributed by atoms with van der Waals surface area (Å²) in [6.45, 7) is 17.1. The first-order valence-electron chi connectivity index (χ1n) is 25.1. The second kappa shape index (κ2) is 18.3. The van der Waals surface area contributed by atoms with Crippen LogP contribution in [-0.4, -0.2) is 20.8 Å². The molecule has 5 heteroatoms. The number of nitrogens with zero attached hydrogens (tertiary/aromatic N) is 4. The minimum absolute atomic E-state index is 0.249. The van der Waals surface area contributed by atoms with E-state index in [1.54, 1.807) is 18.2 Å². The standard InChI is InChI=1S/C68H55N5/c1-6-22-45(7-2)66(69)71-67(47-25-13-9-14-26-47)70-44(3)50-37-51(46-23-11-8-12-24-46)39-53(38-50)73-63-33-20-18-31-55(63)59-42-57-56-40-49(35-36-60(56)68(4,5)61(57)43-65(59)73)48-27-21-34-64-58(41-48)54-30-17-19-32-62(54)72(64)52-28-15-10-16-29-52/h6-9,11-15,17-26,28-43H,1-3,10,16,27H2,4-5H3,(H2,69,70,71)/b45-22+. The monoisotopic (exact) mass is 941 g/mol. The predicted octanol–water partition coefficient (Wildman–Crippen LogP) is 16.9. The van der Waals surface area contributed by atoms with Gasteiger partial charge in [0.2, 0.25) is 0 Å². The highest BCUT2D eigenvalue weighted by molar-refractivity contribution is 6.14. The Balaban J connectivity index is 1.01. The van der Waals surface area contributed by atoms with Crippen LogP contribution in [0.15, 0.2) is 236 Å². The molecule has 0 atom stereocenters. The summed E-state index contributed by atoms with van der Waals surface area (Å²) in [6, 6.07) is 56.7. The van der Waals surface area contributed by atoms with Crippen LogP contribution in [0.4, 0.5) is 0 Å². The summed E-state index contributed by atoms with van der Waals surface area (Å²) in [5, 5.41) is 3.67. The minimum Gasteiger partial charge on any atom is -0.383 e. The molecule has 0 amide bonds. The van der Waals surface area contributed by atoms with Crippen molar-refractivity contribution in [1.29, 1.82) is 0 Å². The van der Waals surface area contributed by atoms with Crippen molar-refractivity contribution in [3.05, 3.63) is 265 Å². The van der Waals surface area contributed by atoms with E-state index in [9.17, 15) is 0 Å². The van der Waals surface area contributed by atoms with Crippen molar-refractivity contribution in [1.82, 2.24) is 9.13 Å². The summed E-state index contributed by atoms with van der Waals surface area (Å²) in [4.78, 5) is 9.99. The van der Waals surface area contributed by atoms with Gasteiger partial charge >= 0.3 is 0 Å². The molecular formula is C68H55N5. The second-order valence-corrected chi connectivity index (χ2v) is 19.6. The number of aromatic nitrogens is 2. The maximum Gasteiger partial charge on any atom is 0.162 e. The van der Waals surface area contributed by atoms with Crippen LogP contribution < -0.4 is 5.73 Å². The Labute approximate surface area is 427 Å². The van der Waals surface area contributed by atoms with Crippen LogP contribution in [0, 0.1) is 0 Å². The van der Waals surface area contributed by atoms with Crippen LogP contribution >= 0.6 is 0 Å². The molecular weight excluding hydrogens is 887 g/mol. The summed E-state index contributed by atoms with van der Waals surface area (Å²) in [5.74, 6) is 0.726. The van der Waals surface area contributed by atoms with Crippen molar-refractivity contribution < 1.29 is 0 Å². The lowest BCUT2D eigenvalue weighted by molar-refractivity contribution is 0.661. The molecule has 2 heterocycles. The molecule has 12 rings (SSSR count). The van der Waals surface area contributed by atoms with E-state index in [-0.39, 0.29) is 11.3 Å². The molecule has 3 aliphatic carbocycles. The Hall–Kier alpha value is -9.06. The summed E-state index contributed by atoms with van der Waals surface area (Å²) >= 11 is 0. The molecule has 5 nitrogen and oxygen atoms in total. The van der Waals surface area contributed by atoms with Gasteiger partial charge in [0.05, 0.1) is 27.9 Å². The van der Waals surface area contributed by atoms with Crippen molar-refractivity contribution in [2.45, 2.75) is 38.5 Å². The molecule has 7 aromatic carbocycles. The highest BCUT2D eigenvalue weighted by atomic mass is 15.0. The van der Waals surface area contributed by atoms with Crippen LogP contribution in [0.1, 0.15) is 72.2 Å². The molecule has 0 unspecified atom stereocenters. The molecule has 2 N–H and O–H groups in total. The Morgan fingerprint density at radius 3 is 2.10 bits per heavy atom. The van der Waals surface area contributed by atoms with E-state index in [0.717, 1.165) is 58.2 Å². The van der Waals surface area contributed by atoms with E-state index in [1.165, 1.54) is 72.0 Å². The van der Waals surface area contributed by atoms with Gasteiger partial charge in [-0.3, -0.25) is 0 Å². The predicted molar refractivity (Wildman–Crippen MR) is 312 cm³/mol. The number of nitrogens with two attached hydrogens (primary N) is 1. The molecule has 9 aromatic rings. The van der Waals surface area contributed by atoms with Crippen molar-refractivity contribution in [2.24, 2.45) is 15.7 Å². The Morgan fingerprint density at radius 1 is 0.616 bits per heavy atom. The van der Waals surface area contributed by atoms with Gasteiger partial charge in [-0.1, -0.05) is 179 Å². The van der Waals surface area contributed by atoms with Gasteiger partial charge in [0, 0.05) is 55.2 Å². The van der Waals surface area contributed by atoms with Crippen LogP contribution in [-0.2, 0) is 5.41 Å². The average molecular weight is 942 g/mol. The van der Waals surface area contributed by atoms with Gasteiger partial charge < -0.3 is 14.9 Å². The third kappa shape index (κ3) is 7.82. The highest BCUT2D eigenvalue weighted by Crippen LogP contribution is 2.52. The smallest absolute Gasteiger partial charge is 0.162 e. The van der Waals surface area contributed by atoms with Crippen LogP contribution in [0.5, 0.6) is 0 Å². The van der Waals surface area contributed by atoms with Crippen molar-refractivity contribution >= 4 is 73.5 Å². The normalized spacial score (nSPS) is 15.2. The molecule has 0 spiro atoms. The van der Waals surface area contributed by atoms with Crippen LogP contribution in [0.3, 0.4) is 0 Å². The largest absolute Gasteiger partial charge is 0.383 e. The zero-order chi connectivity index (χ0) is 49.8.